The fraction of sp³-hybridized carbons (Fsp3) is 0.632. The van der Waals surface area contributed by atoms with E-state index in [0.29, 0.717) is 0 Å². The Labute approximate surface area is 141 Å². The molecule has 3 nitrogen and oxygen atoms in total. The van der Waals surface area contributed by atoms with E-state index in [9.17, 15) is 0 Å². The highest BCUT2D eigenvalue weighted by Gasteiger charge is 2.39. The molecule has 1 aromatic rings. The first kappa shape index (κ1) is 16.6. The largest absolute Gasteiger partial charge is 0.543 e. The van der Waals surface area contributed by atoms with Crippen molar-refractivity contribution in [2.75, 3.05) is 0 Å². The minimum Gasteiger partial charge on any atom is -0.543 e. The first-order valence-corrected chi connectivity index (χ1v) is 11.7. The maximum Gasteiger partial charge on any atom is 0.250 e. The standard InChI is InChI=1S/C19H29NO2Si/c1-19(2,3)23(4,5)22-16-9-10-17-15(12-16)13-20-21-18(17)11-8-14-6-7-14/h9-10,12-14,18H,6-8,11H2,1-5H3. The van der Waals surface area contributed by atoms with Gasteiger partial charge in [0.25, 0.3) is 0 Å². The third-order valence-corrected chi connectivity index (χ3v) is 9.86. The van der Waals surface area contributed by atoms with Crippen molar-refractivity contribution < 1.29 is 9.26 Å². The van der Waals surface area contributed by atoms with Crippen LogP contribution in [0, 0.1) is 5.92 Å². The van der Waals surface area contributed by atoms with Crippen molar-refractivity contribution in [1.29, 1.82) is 0 Å². The molecule has 1 saturated carbocycles. The Morgan fingerprint density at radius 2 is 1.96 bits per heavy atom. The topological polar surface area (TPSA) is 30.8 Å². The van der Waals surface area contributed by atoms with Crippen molar-refractivity contribution in [1.82, 2.24) is 0 Å². The van der Waals surface area contributed by atoms with Crippen molar-refractivity contribution >= 4 is 14.5 Å². The first-order valence-electron chi connectivity index (χ1n) is 8.78. The molecule has 0 spiro atoms. The molecule has 0 N–H and O–H groups in total. The van der Waals surface area contributed by atoms with Crippen LogP contribution in [0.4, 0.5) is 0 Å². The number of oxime groups is 1. The lowest BCUT2D eigenvalue weighted by Crippen LogP contribution is -2.43. The molecule has 0 bridgehead atoms. The highest BCUT2D eigenvalue weighted by molar-refractivity contribution is 6.74. The molecule has 3 rings (SSSR count). The van der Waals surface area contributed by atoms with Crippen molar-refractivity contribution in [2.24, 2.45) is 11.1 Å². The van der Waals surface area contributed by atoms with Crippen molar-refractivity contribution in [3.05, 3.63) is 29.3 Å². The van der Waals surface area contributed by atoms with Gasteiger partial charge in [-0.1, -0.05) is 44.8 Å². The normalized spacial score (nSPS) is 20.8. The van der Waals surface area contributed by atoms with Gasteiger partial charge in [0.1, 0.15) is 5.75 Å². The lowest BCUT2D eigenvalue weighted by molar-refractivity contribution is 0.0468. The van der Waals surface area contributed by atoms with Gasteiger partial charge in [0, 0.05) is 11.1 Å². The maximum atomic E-state index is 6.41. The smallest absolute Gasteiger partial charge is 0.250 e. The van der Waals surface area contributed by atoms with Gasteiger partial charge in [-0.05, 0) is 49.0 Å². The number of hydrogen-bond acceptors (Lipinski definition) is 3. The molecule has 0 radical (unpaired) electrons. The minimum absolute atomic E-state index is 0.109. The summed E-state index contributed by atoms with van der Waals surface area (Å²) in [6.07, 6.45) is 7.03. The first-order chi connectivity index (χ1) is 10.8. The zero-order valence-corrected chi connectivity index (χ0v) is 16.1. The van der Waals surface area contributed by atoms with Gasteiger partial charge in [-0.25, -0.2) is 0 Å². The monoisotopic (exact) mass is 331 g/mol. The molecular formula is C19H29NO2Si. The van der Waals surface area contributed by atoms with Gasteiger partial charge in [0.2, 0.25) is 8.32 Å². The van der Waals surface area contributed by atoms with E-state index in [2.05, 4.69) is 57.2 Å². The summed E-state index contributed by atoms with van der Waals surface area (Å²) < 4.78 is 6.41. The number of hydrogen-bond donors (Lipinski definition) is 0. The lowest BCUT2D eigenvalue weighted by Gasteiger charge is -2.36. The Kier molecular flexibility index (Phi) is 4.30. The number of rotatable bonds is 5. The van der Waals surface area contributed by atoms with Crippen LogP contribution in [0.3, 0.4) is 0 Å². The van der Waals surface area contributed by atoms with Gasteiger partial charge in [0.05, 0.1) is 6.21 Å². The van der Waals surface area contributed by atoms with Crippen molar-refractivity contribution in [3.63, 3.8) is 0 Å². The second-order valence-corrected chi connectivity index (χ2v) is 13.2. The summed E-state index contributed by atoms with van der Waals surface area (Å²) in [6, 6.07) is 6.40. The van der Waals surface area contributed by atoms with Crippen LogP contribution < -0.4 is 4.43 Å². The molecule has 2 aliphatic rings. The summed E-state index contributed by atoms with van der Waals surface area (Å²) in [4.78, 5) is 5.61. The molecule has 1 aliphatic carbocycles. The summed E-state index contributed by atoms with van der Waals surface area (Å²) in [5, 5.41) is 4.32. The predicted molar refractivity (Wildman–Crippen MR) is 97.6 cm³/mol. The van der Waals surface area contributed by atoms with E-state index >= 15 is 0 Å². The second-order valence-electron chi connectivity index (χ2n) is 8.50. The molecule has 23 heavy (non-hydrogen) atoms. The highest BCUT2D eigenvalue weighted by atomic mass is 28.4. The van der Waals surface area contributed by atoms with Gasteiger partial charge >= 0.3 is 0 Å². The maximum absolute atomic E-state index is 6.41. The van der Waals surface area contributed by atoms with Crippen LogP contribution in [-0.2, 0) is 4.84 Å². The molecule has 4 heteroatoms. The van der Waals surface area contributed by atoms with Crippen LogP contribution in [0.1, 0.15) is 63.7 Å². The van der Waals surface area contributed by atoms with Gasteiger partial charge in [0.15, 0.2) is 6.10 Å². The highest BCUT2D eigenvalue weighted by Crippen LogP contribution is 2.40. The molecule has 0 aromatic heterocycles. The fourth-order valence-electron chi connectivity index (χ4n) is 2.69. The number of nitrogens with zero attached hydrogens (tertiary/aromatic N) is 1. The summed E-state index contributed by atoms with van der Waals surface area (Å²) in [6.45, 7) is 11.4. The minimum atomic E-state index is -1.81. The number of benzene rings is 1. The molecule has 1 unspecified atom stereocenters. The van der Waals surface area contributed by atoms with E-state index in [1.54, 1.807) is 0 Å². The van der Waals surface area contributed by atoms with E-state index < -0.39 is 8.32 Å². The molecule has 1 aliphatic heterocycles. The molecule has 0 amide bonds. The predicted octanol–water partition coefficient (Wildman–Crippen LogP) is 5.67. The second kappa shape index (κ2) is 5.97. The van der Waals surface area contributed by atoms with E-state index in [1.165, 1.54) is 24.8 Å². The Balaban J connectivity index is 1.75. The van der Waals surface area contributed by atoms with Crippen molar-refractivity contribution in [2.45, 2.75) is 70.7 Å². The average molecular weight is 332 g/mol. The molecule has 126 valence electrons. The van der Waals surface area contributed by atoms with E-state index in [1.807, 2.05) is 6.21 Å². The number of fused-ring (bicyclic) bond motifs is 1. The Bertz CT molecular complexity index is 600. The fourth-order valence-corrected chi connectivity index (χ4v) is 3.71. The Morgan fingerprint density at radius 3 is 2.61 bits per heavy atom. The van der Waals surface area contributed by atoms with Crippen LogP contribution in [0.5, 0.6) is 5.75 Å². The van der Waals surface area contributed by atoms with E-state index in [0.717, 1.165) is 23.7 Å². The third-order valence-electron chi connectivity index (χ3n) is 5.50. The summed E-state index contributed by atoms with van der Waals surface area (Å²) in [5.74, 6) is 1.89. The zero-order valence-electron chi connectivity index (χ0n) is 15.1. The average Bonchev–Trinajstić information content (AvgIpc) is 3.27. The lowest BCUT2D eigenvalue weighted by atomic mass is 9.97. The molecule has 1 fully saturated rings. The Morgan fingerprint density at radius 1 is 1.22 bits per heavy atom. The quantitative estimate of drug-likeness (QED) is 0.651. The van der Waals surface area contributed by atoms with Gasteiger partial charge in [-0.3, -0.25) is 0 Å². The van der Waals surface area contributed by atoms with E-state index in [-0.39, 0.29) is 11.1 Å². The third kappa shape index (κ3) is 3.79. The van der Waals surface area contributed by atoms with Crippen LogP contribution >= 0.6 is 0 Å². The SMILES string of the molecule is CC(C)(C)[Si](C)(C)Oc1ccc2c(c1)C=NOC2CCC1CC1. The van der Waals surface area contributed by atoms with Crippen LogP contribution in [0.25, 0.3) is 0 Å². The Hall–Kier alpha value is -1.29. The van der Waals surface area contributed by atoms with Crippen LogP contribution in [0.15, 0.2) is 23.4 Å². The van der Waals surface area contributed by atoms with E-state index in [4.69, 9.17) is 9.26 Å². The van der Waals surface area contributed by atoms with Gasteiger partial charge < -0.3 is 9.26 Å². The van der Waals surface area contributed by atoms with Crippen LogP contribution in [-0.4, -0.2) is 14.5 Å². The molecule has 0 saturated heterocycles. The molecule has 1 heterocycles. The van der Waals surface area contributed by atoms with Crippen molar-refractivity contribution in [3.8, 4) is 5.75 Å². The summed E-state index contributed by atoms with van der Waals surface area (Å²) >= 11 is 0. The summed E-state index contributed by atoms with van der Waals surface area (Å²) in [5.41, 5.74) is 2.40. The van der Waals surface area contributed by atoms with Gasteiger partial charge in [-0.15, -0.1) is 0 Å². The molecular weight excluding hydrogens is 302 g/mol. The molecule has 1 atom stereocenters. The summed E-state index contributed by atoms with van der Waals surface area (Å²) in [7, 11) is -1.81. The molecule has 1 aromatic carbocycles. The van der Waals surface area contributed by atoms with Crippen LogP contribution in [0.2, 0.25) is 18.1 Å². The van der Waals surface area contributed by atoms with Gasteiger partial charge in [-0.2, -0.15) is 0 Å². The zero-order chi connectivity index (χ0) is 16.7.